The molecule has 0 bridgehead atoms. The van der Waals surface area contributed by atoms with Crippen LogP contribution in [0.5, 0.6) is 5.75 Å². The maximum absolute atomic E-state index is 6.00. The van der Waals surface area contributed by atoms with Crippen molar-refractivity contribution >= 4 is 15.9 Å². The van der Waals surface area contributed by atoms with Crippen molar-refractivity contribution in [3.63, 3.8) is 0 Å². The fourth-order valence-electron chi connectivity index (χ4n) is 2.54. The van der Waals surface area contributed by atoms with Gasteiger partial charge in [0.1, 0.15) is 5.75 Å². The minimum absolute atomic E-state index is 0.372. The number of benzene rings is 2. The fourth-order valence-corrected chi connectivity index (χ4v) is 3.10. The third-order valence-corrected chi connectivity index (χ3v) is 4.55. The van der Waals surface area contributed by atoms with Crippen LogP contribution in [0.15, 0.2) is 48.5 Å². The first kappa shape index (κ1) is 16.1. The summed E-state index contributed by atoms with van der Waals surface area (Å²) >= 11 is 3.59. The Bertz CT molecular complexity index is 563. The quantitative estimate of drug-likeness (QED) is 0.611. The molecule has 1 unspecified atom stereocenters. The van der Waals surface area contributed by atoms with Gasteiger partial charge in [0, 0.05) is 11.2 Å². The molecule has 2 aromatic carbocycles. The van der Waals surface area contributed by atoms with Crippen molar-refractivity contribution in [3.05, 3.63) is 65.2 Å². The number of alkyl halides is 1. The van der Waals surface area contributed by atoms with Gasteiger partial charge in [-0.2, -0.15) is 0 Å². The van der Waals surface area contributed by atoms with Crippen molar-refractivity contribution in [1.29, 1.82) is 0 Å². The average molecular weight is 347 g/mol. The SMILES string of the molecule is Cc1cc(OCC(CBr)c2ccccc2)ccc1C(C)C. The molecule has 0 heterocycles. The van der Waals surface area contributed by atoms with Crippen molar-refractivity contribution in [2.75, 3.05) is 11.9 Å². The van der Waals surface area contributed by atoms with Gasteiger partial charge in [0.15, 0.2) is 0 Å². The van der Waals surface area contributed by atoms with Crippen LogP contribution in [0.2, 0.25) is 0 Å². The summed E-state index contributed by atoms with van der Waals surface area (Å²) in [6, 6.07) is 16.9. The molecule has 0 saturated heterocycles. The number of rotatable bonds is 6. The van der Waals surface area contributed by atoms with E-state index in [2.05, 4.69) is 79.2 Å². The topological polar surface area (TPSA) is 9.23 Å². The number of aryl methyl sites for hydroxylation is 1. The van der Waals surface area contributed by atoms with Gasteiger partial charge in [0.25, 0.3) is 0 Å². The molecule has 0 aliphatic carbocycles. The molecule has 2 rings (SSSR count). The summed E-state index contributed by atoms with van der Waals surface area (Å²) < 4.78 is 6.00. The standard InChI is InChI=1S/C19H23BrO/c1-14(2)19-10-9-18(11-15(19)3)21-13-17(12-20)16-7-5-4-6-8-16/h4-11,14,17H,12-13H2,1-3H3. The van der Waals surface area contributed by atoms with Crippen LogP contribution in [0, 0.1) is 6.92 Å². The van der Waals surface area contributed by atoms with Crippen LogP contribution in [0.25, 0.3) is 0 Å². The second-order valence-corrected chi connectivity index (χ2v) is 6.39. The summed E-state index contributed by atoms with van der Waals surface area (Å²) in [5.74, 6) is 1.88. The van der Waals surface area contributed by atoms with Crippen molar-refractivity contribution in [1.82, 2.24) is 0 Å². The van der Waals surface area contributed by atoms with Gasteiger partial charge in [-0.25, -0.2) is 0 Å². The third kappa shape index (κ3) is 4.34. The molecule has 0 spiro atoms. The summed E-state index contributed by atoms with van der Waals surface area (Å²) in [6.45, 7) is 7.29. The van der Waals surface area contributed by atoms with E-state index in [1.165, 1.54) is 16.7 Å². The number of hydrogen-bond donors (Lipinski definition) is 0. The zero-order chi connectivity index (χ0) is 15.2. The zero-order valence-electron chi connectivity index (χ0n) is 13.0. The Hall–Kier alpha value is -1.28. The van der Waals surface area contributed by atoms with Crippen LogP contribution in [0.4, 0.5) is 0 Å². The third-order valence-electron chi connectivity index (χ3n) is 3.77. The summed E-state index contributed by atoms with van der Waals surface area (Å²) in [7, 11) is 0. The van der Waals surface area contributed by atoms with E-state index < -0.39 is 0 Å². The van der Waals surface area contributed by atoms with E-state index in [9.17, 15) is 0 Å². The lowest BCUT2D eigenvalue weighted by Gasteiger charge is -2.17. The Kier molecular flexibility index (Phi) is 5.86. The largest absolute Gasteiger partial charge is 0.493 e. The molecule has 1 atom stereocenters. The van der Waals surface area contributed by atoms with E-state index in [0.29, 0.717) is 18.4 Å². The van der Waals surface area contributed by atoms with E-state index in [-0.39, 0.29) is 0 Å². The highest BCUT2D eigenvalue weighted by molar-refractivity contribution is 9.09. The normalized spacial score (nSPS) is 12.4. The maximum atomic E-state index is 6.00. The van der Waals surface area contributed by atoms with Gasteiger partial charge in [-0.1, -0.05) is 66.2 Å². The highest BCUT2D eigenvalue weighted by Gasteiger charge is 2.11. The molecule has 0 fully saturated rings. The lowest BCUT2D eigenvalue weighted by molar-refractivity contribution is 0.298. The number of hydrogen-bond acceptors (Lipinski definition) is 1. The molecule has 0 amide bonds. The van der Waals surface area contributed by atoms with Crippen molar-refractivity contribution in [2.45, 2.75) is 32.6 Å². The lowest BCUT2D eigenvalue weighted by atomic mass is 9.98. The van der Waals surface area contributed by atoms with Crippen molar-refractivity contribution in [2.24, 2.45) is 0 Å². The van der Waals surface area contributed by atoms with Crippen LogP contribution >= 0.6 is 15.9 Å². The molecule has 0 saturated carbocycles. The second kappa shape index (κ2) is 7.65. The zero-order valence-corrected chi connectivity index (χ0v) is 14.6. The van der Waals surface area contributed by atoms with E-state index >= 15 is 0 Å². The van der Waals surface area contributed by atoms with Crippen molar-refractivity contribution in [3.8, 4) is 5.75 Å². The summed E-state index contributed by atoms with van der Waals surface area (Å²) in [5.41, 5.74) is 4.00. The monoisotopic (exact) mass is 346 g/mol. The van der Waals surface area contributed by atoms with Gasteiger partial charge in [-0.3, -0.25) is 0 Å². The van der Waals surface area contributed by atoms with E-state index in [0.717, 1.165) is 11.1 Å². The first-order valence-electron chi connectivity index (χ1n) is 7.46. The fraction of sp³-hybridized carbons (Fsp3) is 0.368. The summed E-state index contributed by atoms with van der Waals surface area (Å²) in [5, 5.41) is 0.903. The molecule has 0 aliphatic heterocycles. The van der Waals surface area contributed by atoms with Gasteiger partial charge >= 0.3 is 0 Å². The molecule has 21 heavy (non-hydrogen) atoms. The predicted molar refractivity (Wildman–Crippen MR) is 93.7 cm³/mol. The Balaban J connectivity index is 2.03. The maximum Gasteiger partial charge on any atom is 0.119 e. The average Bonchev–Trinajstić information content (AvgIpc) is 2.48. The Morgan fingerprint density at radius 2 is 1.76 bits per heavy atom. The van der Waals surface area contributed by atoms with Crippen molar-refractivity contribution < 1.29 is 4.74 Å². The van der Waals surface area contributed by atoms with E-state index in [4.69, 9.17) is 4.74 Å². The summed E-state index contributed by atoms with van der Waals surface area (Å²) in [4.78, 5) is 0. The van der Waals surface area contributed by atoms with E-state index in [1.807, 2.05) is 6.07 Å². The van der Waals surface area contributed by atoms with Crippen LogP contribution in [-0.2, 0) is 0 Å². The molecule has 1 nitrogen and oxygen atoms in total. The minimum Gasteiger partial charge on any atom is -0.493 e. The Morgan fingerprint density at radius 1 is 1.05 bits per heavy atom. The molecule has 2 heteroatoms. The number of ether oxygens (including phenoxy) is 1. The second-order valence-electron chi connectivity index (χ2n) is 5.75. The molecular weight excluding hydrogens is 324 g/mol. The van der Waals surface area contributed by atoms with Gasteiger partial charge in [-0.05, 0) is 41.7 Å². The molecule has 112 valence electrons. The lowest BCUT2D eigenvalue weighted by Crippen LogP contribution is -2.11. The molecule has 2 aromatic rings. The first-order chi connectivity index (χ1) is 10.1. The van der Waals surface area contributed by atoms with Gasteiger partial charge in [0.2, 0.25) is 0 Å². The highest BCUT2D eigenvalue weighted by atomic mass is 79.9. The molecule has 0 N–H and O–H groups in total. The van der Waals surface area contributed by atoms with Crippen LogP contribution in [-0.4, -0.2) is 11.9 Å². The predicted octanol–water partition coefficient (Wildman–Crippen LogP) is 5.68. The Morgan fingerprint density at radius 3 is 2.33 bits per heavy atom. The molecular formula is C19H23BrO. The summed E-state index contributed by atoms with van der Waals surface area (Å²) in [6.07, 6.45) is 0. The number of halogens is 1. The minimum atomic E-state index is 0.372. The first-order valence-corrected chi connectivity index (χ1v) is 8.58. The van der Waals surface area contributed by atoms with Crippen LogP contribution in [0.1, 0.15) is 42.4 Å². The molecule has 0 aliphatic rings. The molecule has 0 radical (unpaired) electrons. The highest BCUT2D eigenvalue weighted by Crippen LogP contribution is 2.25. The van der Waals surface area contributed by atoms with Gasteiger partial charge in [0.05, 0.1) is 6.61 Å². The molecule has 0 aromatic heterocycles. The Labute approximate surface area is 136 Å². The smallest absolute Gasteiger partial charge is 0.119 e. The van der Waals surface area contributed by atoms with E-state index in [1.54, 1.807) is 0 Å². The van der Waals surface area contributed by atoms with Gasteiger partial charge in [-0.15, -0.1) is 0 Å². The van der Waals surface area contributed by atoms with Crippen LogP contribution < -0.4 is 4.74 Å². The van der Waals surface area contributed by atoms with Crippen LogP contribution in [0.3, 0.4) is 0 Å². The van der Waals surface area contributed by atoms with Gasteiger partial charge < -0.3 is 4.74 Å².